The van der Waals surface area contributed by atoms with Crippen LogP contribution >= 0.6 is 0 Å². The number of ether oxygens (including phenoxy) is 1. The normalized spacial score (nSPS) is 10.1. The first-order chi connectivity index (χ1) is 9.51. The van der Waals surface area contributed by atoms with E-state index in [1.807, 2.05) is 0 Å². The quantitative estimate of drug-likeness (QED) is 0.776. The number of carbonyl (C=O) groups excluding carboxylic acids is 2. The highest BCUT2D eigenvalue weighted by Crippen LogP contribution is 2.11. The lowest BCUT2D eigenvalue weighted by Crippen LogP contribution is -2.15. The van der Waals surface area contributed by atoms with Crippen molar-refractivity contribution in [2.45, 2.75) is 0 Å². The number of aryl methyl sites for hydroxylation is 1. The number of carbonyl (C=O) groups is 2. The number of hydrogen-bond acceptors (Lipinski definition) is 5. The third-order valence-electron chi connectivity index (χ3n) is 2.55. The minimum absolute atomic E-state index is 0.0884. The molecule has 0 aliphatic heterocycles. The number of aromatic nitrogens is 3. The van der Waals surface area contributed by atoms with E-state index in [1.54, 1.807) is 12.1 Å². The zero-order valence-corrected chi connectivity index (χ0v) is 10.8. The molecule has 1 aromatic heterocycles. The monoisotopic (exact) mass is 276 g/mol. The van der Waals surface area contributed by atoms with Crippen molar-refractivity contribution in [3.63, 3.8) is 0 Å². The average Bonchev–Trinajstić information content (AvgIpc) is 2.79. The van der Waals surface area contributed by atoms with Crippen molar-refractivity contribution < 1.29 is 14.3 Å². The maximum atomic E-state index is 11.8. The molecule has 0 bridgehead atoms. The molecule has 1 aromatic carbocycles. The Morgan fingerprint density at radius 2 is 1.95 bits per heavy atom. The van der Waals surface area contributed by atoms with Gasteiger partial charge in [-0.1, -0.05) is 0 Å². The van der Waals surface area contributed by atoms with Gasteiger partial charge in [-0.05, 0) is 24.3 Å². The molecule has 2 N–H and O–H groups in total. The van der Waals surface area contributed by atoms with Gasteiger partial charge in [0.1, 0.15) is 0 Å². The highest BCUT2D eigenvalue weighted by molar-refractivity contribution is 6.01. The second-order valence-electron chi connectivity index (χ2n) is 3.93. The molecule has 0 saturated carbocycles. The van der Waals surface area contributed by atoms with Gasteiger partial charge in [0.15, 0.2) is 0 Å². The van der Waals surface area contributed by atoms with Gasteiger partial charge in [-0.3, -0.25) is 9.78 Å². The van der Waals surface area contributed by atoms with Crippen molar-refractivity contribution in [1.29, 1.82) is 0 Å². The van der Waals surface area contributed by atoms with Gasteiger partial charge in [-0.15, -0.1) is 5.10 Å². The maximum Gasteiger partial charge on any atom is 0.343 e. The minimum atomic E-state index is -0.548. The van der Waals surface area contributed by atoms with Crippen molar-refractivity contribution in [3.8, 4) is 0 Å². The standard InChI is InChI=1S/C12H12N4O4/c1-16-12(19)14-9(15-16)10(17)13-8-5-3-7(4-6-8)11(18)20-2/h3-6H,1-2H3,(H,13,17)(H,14,15,19). The number of methoxy groups -OCH3 is 1. The largest absolute Gasteiger partial charge is 0.465 e. The van der Waals surface area contributed by atoms with Crippen LogP contribution in [-0.4, -0.2) is 33.8 Å². The van der Waals surface area contributed by atoms with Gasteiger partial charge in [0.05, 0.1) is 12.7 Å². The minimum Gasteiger partial charge on any atom is -0.465 e. The fourth-order valence-electron chi connectivity index (χ4n) is 1.50. The Labute approximate surface area is 113 Å². The molecule has 0 fully saturated rings. The Morgan fingerprint density at radius 1 is 1.30 bits per heavy atom. The Balaban J connectivity index is 2.12. The Kier molecular flexibility index (Phi) is 3.65. The molecule has 20 heavy (non-hydrogen) atoms. The summed E-state index contributed by atoms with van der Waals surface area (Å²) in [5.74, 6) is -1.10. The third kappa shape index (κ3) is 2.74. The van der Waals surface area contributed by atoms with E-state index in [9.17, 15) is 14.4 Å². The number of hydrogen-bond donors (Lipinski definition) is 2. The average molecular weight is 276 g/mol. The summed E-state index contributed by atoms with van der Waals surface area (Å²) in [6.07, 6.45) is 0. The lowest BCUT2D eigenvalue weighted by Gasteiger charge is -2.04. The molecule has 2 rings (SSSR count). The lowest BCUT2D eigenvalue weighted by atomic mass is 10.2. The van der Waals surface area contributed by atoms with Gasteiger partial charge < -0.3 is 10.1 Å². The summed E-state index contributed by atoms with van der Waals surface area (Å²) in [4.78, 5) is 36.5. The van der Waals surface area contributed by atoms with Gasteiger partial charge in [0.25, 0.3) is 5.91 Å². The zero-order valence-electron chi connectivity index (χ0n) is 10.8. The Bertz CT molecular complexity index is 699. The number of benzene rings is 1. The van der Waals surface area contributed by atoms with E-state index in [4.69, 9.17) is 0 Å². The van der Waals surface area contributed by atoms with E-state index in [-0.39, 0.29) is 5.82 Å². The predicted octanol–water partition coefficient (Wildman–Crippen LogP) is 0.147. The second kappa shape index (κ2) is 5.39. The molecule has 8 heteroatoms. The molecule has 0 atom stereocenters. The molecule has 1 amide bonds. The smallest absolute Gasteiger partial charge is 0.343 e. The van der Waals surface area contributed by atoms with Crippen molar-refractivity contribution in [2.24, 2.45) is 7.05 Å². The van der Waals surface area contributed by atoms with Crippen LogP contribution in [0.3, 0.4) is 0 Å². The third-order valence-corrected chi connectivity index (χ3v) is 2.55. The number of nitrogens with zero attached hydrogens (tertiary/aromatic N) is 2. The van der Waals surface area contributed by atoms with Crippen LogP contribution in [0.1, 0.15) is 21.0 Å². The molecular weight excluding hydrogens is 264 g/mol. The molecular formula is C12H12N4O4. The molecule has 8 nitrogen and oxygen atoms in total. The van der Waals surface area contributed by atoms with Crippen LogP contribution in [0.25, 0.3) is 0 Å². The van der Waals surface area contributed by atoms with E-state index in [0.717, 1.165) is 4.68 Å². The van der Waals surface area contributed by atoms with E-state index >= 15 is 0 Å². The Hall–Kier alpha value is -2.90. The highest BCUT2D eigenvalue weighted by atomic mass is 16.5. The van der Waals surface area contributed by atoms with Crippen molar-refractivity contribution >= 4 is 17.6 Å². The molecule has 0 aliphatic rings. The van der Waals surface area contributed by atoms with Crippen LogP contribution < -0.4 is 11.0 Å². The molecule has 0 unspecified atom stereocenters. The van der Waals surface area contributed by atoms with Crippen LogP contribution in [0.2, 0.25) is 0 Å². The first-order valence-corrected chi connectivity index (χ1v) is 5.64. The summed E-state index contributed by atoms with van der Waals surface area (Å²) in [7, 11) is 2.72. The van der Waals surface area contributed by atoms with Gasteiger partial charge in [-0.25, -0.2) is 14.3 Å². The highest BCUT2D eigenvalue weighted by Gasteiger charge is 2.12. The van der Waals surface area contributed by atoms with Crippen molar-refractivity contribution in [2.75, 3.05) is 12.4 Å². The summed E-state index contributed by atoms with van der Waals surface area (Å²) in [5.41, 5.74) is 0.363. The van der Waals surface area contributed by atoms with Crippen LogP contribution in [-0.2, 0) is 11.8 Å². The van der Waals surface area contributed by atoms with Crippen LogP contribution in [0.5, 0.6) is 0 Å². The number of aromatic amines is 1. The lowest BCUT2D eigenvalue weighted by molar-refractivity contribution is 0.0600. The Morgan fingerprint density at radius 3 is 2.45 bits per heavy atom. The van der Waals surface area contributed by atoms with Crippen LogP contribution in [0, 0.1) is 0 Å². The van der Waals surface area contributed by atoms with E-state index in [2.05, 4.69) is 20.1 Å². The van der Waals surface area contributed by atoms with Gasteiger partial charge in [-0.2, -0.15) is 0 Å². The predicted molar refractivity (Wildman–Crippen MR) is 69.6 cm³/mol. The molecule has 0 radical (unpaired) electrons. The molecule has 0 aliphatic carbocycles. The number of rotatable bonds is 3. The number of H-pyrrole nitrogens is 1. The SMILES string of the molecule is COC(=O)c1ccc(NC(=O)c2nn(C)c(=O)[nH]2)cc1. The first-order valence-electron chi connectivity index (χ1n) is 5.64. The number of esters is 1. The van der Waals surface area contributed by atoms with E-state index in [0.29, 0.717) is 11.3 Å². The van der Waals surface area contributed by atoms with Crippen LogP contribution in [0.15, 0.2) is 29.1 Å². The summed E-state index contributed by atoms with van der Waals surface area (Å²) < 4.78 is 5.59. The number of amides is 1. The zero-order chi connectivity index (χ0) is 14.7. The fraction of sp³-hybridized carbons (Fsp3) is 0.167. The van der Waals surface area contributed by atoms with E-state index < -0.39 is 17.6 Å². The molecule has 0 saturated heterocycles. The molecule has 104 valence electrons. The van der Waals surface area contributed by atoms with Crippen molar-refractivity contribution in [3.05, 3.63) is 46.1 Å². The summed E-state index contributed by atoms with van der Waals surface area (Å²) >= 11 is 0. The summed E-state index contributed by atoms with van der Waals surface area (Å²) in [6.45, 7) is 0. The number of nitrogens with one attached hydrogen (secondary N) is 2. The van der Waals surface area contributed by atoms with Crippen LogP contribution in [0.4, 0.5) is 5.69 Å². The van der Waals surface area contributed by atoms with Gasteiger partial charge in [0.2, 0.25) is 5.82 Å². The fourth-order valence-corrected chi connectivity index (χ4v) is 1.50. The maximum absolute atomic E-state index is 11.8. The molecule has 2 aromatic rings. The molecule has 0 spiro atoms. The first kappa shape index (κ1) is 13.5. The molecule has 1 heterocycles. The second-order valence-corrected chi connectivity index (χ2v) is 3.93. The van der Waals surface area contributed by atoms with Gasteiger partial charge in [0, 0.05) is 12.7 Å². The van der Waals surface area contributed by atoms with E-state index in [1.165, 1.54) is 26.3 Å². The summed E-state index contributed by atoms with van der Waals surface area (Å²) in [5, 5.41) is 6.27. The topological polar surface area (TPSA) is 106 Å². The van der Waals surface area contributed by atoms with Crippen molar-refractivity contribution in [1.82, 2.24) is 14.8 Å². The summed E-state index contributed by atoms with van der Waals surface area (Å²) in [6, 6.07) is 6.13. The van der Waals surface area contributed by atoms with Gasteiger partial charge >= 0.3 is 11.7 Å². The number of anilines is 1.